The second kappa shape index (κ2) is 5.22. The average Bonchev–Trinajstić information content (AvgIpc) is 3.30. The molecule has 2 heterocycles. The normalized spacial score (nSPS) is 14.2. The van der Waals surface area contributed by atoms with Crippen LogP contribution in [0.2, 0.25) is 0 Å². The summed E-state index contributed by atoms with van der Waals surface area (Å²) in [5.74, 6) is 2.14. The first kappa shape index (κ1) is 11.9. The fourth-order valence-electron chi connectivity index (χ4n) is 1.94. The number of nitrogens with one attached hydrogen (secondary N) is 2. The second-order valence-electron chi connectivity index (χ2n) is 4.70. The summed E-state index contributed by atoms with van der Waals surface area (Å²) in [5.41, 5.74) is 2.13. The van der Waals surface area contributed by atoms with Crippen LogP contribution in [0.5, 0.6) is 0 Å². The van der Waals surface area contributed by atoms with Crippen LogP contribution in [-0.2, 0) is 6.54 Å². The number of aromatic nitrogens is 3. The maximum Gasteiger partial charge on any atom is 0.224 e. The quantitative estimate of drug-likeness (QED) is 0.859. The van der Waals surface area contributed by atoms with Crippen molar-refractivity contribution in [1.29, 1.82) is 0 Å². The molecule has 1 fully saturated rings. The number of anilines is 2. The Bertz CT molecular complexity index is 551. The fourth-order valence-corrected chi connectivity index (χ4v) is 1.94. The van der Waals surface area contributed by atoms with Crippen LogP contribution in [0, 0.1) is 0 Å². The van der Waals surface area contributed by atoms with Crippen LogP contribution in [0.3, 0.4) is 0 Å². The van der Waals surface area contributed by atoms with Crippen molar-refractivity contribution in [1.82, 2.24) is 15.0 Å². The summed E-state index contributed by atoms with van der Waals surface area (Å²) in [4.78, 5) is 13.2. The van der Waals surface area contributed by atoms with Gasteiger partial charge in [-0.25, -0.2) is 4.98 Å². The molecule has 3 rings (SSSR count). The van der Waals surface area contributed by atoms with Crippen LogP contribution in [-0.4, -0.2) is 22.0 Å². The van der Waals surface area contributed by atoms with Gasteiger partial charge in [0.25, 0.3) is 0 Å². The third kappa shape index (κ3) is 2.99. The van der Waals surface area contributed by atoms with E-state index in [0.29, 0.717) is 18.4 Å². The van der Waals surface area contributed by atoms with Crippen LogP contribution in [0.1, 0.15) is 30.1 Å². The molecule has 1 aliphatic carbocycles. The van der Waals surface area contributed by atoms with E-state index in [9.17, 15) is 0 Å². The van der Waals surface area contributed by atoms with E-state index >= 15 is 0 Å². The minimum Gasteiger partial charge on any atom is -0.364 e. The van der Waals surface area contributed by atoms with Gasteiger partial charge in [-0.1, -0.05) is 6.07 Å². The summed E-state index contributed by atoms with van der Waals surface area (Å²) in [5, 5.41) is 6.32. The van der Waals surface area contributed by atoms with Crippen molar-refractivity contribution < 1.29 is 0 Å². The summed E-state index contributed by atoms with van der Waals surface area (Å²) < 4.78 is 0. The van der Waals surface area contributed by atoms with Gasteiger partial charge in [-0.05, 0) is 25.0 Å². The van der Waals surface area contributed by atoms with Gasteiger partial charge in [0.15, 0.2) is 0 Å². The van der Waals surface area contributed by atoms with Crippen LogP contribution in [0.15, 0.2) is 30.5 Å². The van der Waals surface area contributed by atoms with E-state index in [-0.39, 0.29) is 0 Å². The first-order chi connectivity index (χ1) is 9.35. The lowest BCUT2D eigenvalue weighted by molar-refractivity contribution is 0.969. The molecule has 0 aliphatic heterocycles. The average molecular weight is 255 g/mol. The molecule has 5 nitrogen and oxygen atoms in total. The number of hydrogen-bond donors (Lipinski definition) is 2. The molecule has 5 heteroatoms. The zero-order valence-electron chi connectivity index (χ0n) is 10.9. The van der Waals surface area contributed by atoms with E-state index in [1.807, 2.05) is 31.3 Å². The molecule has 0 saturated heterocycles. The van der Waals surface area contributed by atoms with Gasteiger partial charge in [-0.2, -0.15) is 4.98 Å². The third-order valence-corrected chi connectivity index (χ3v) is 3.14. The predicted molar refractivity (Wildman–Crippen MR) is 75.1 cm³/mol. The minimum absolute atomic E-state index is 0.616. The van der Waals surface area contributed by atoms with E-state index in [0.717, 1.165) is 17.2 Å². The van der Waals surface area contributed by atoms with E-state index < -0.39 is 0 Å². The summed E-state index contributed by atoms with van der Waals surface area (Å²) in [6.45, 7) is 0.672. The SMILES string of the molecule is CNc1nc(NCc2ccccn2)cc(C2CC2)n1. The van der Waals surface area contributed by atoms with Crippen molar-refractivity contribution >= 4 is 11.8 Å². The Labute approximate surface area is 112 Å². The Morgan fingerprint density at radius 2 is 2.16 bits per heavy atom. The van der Waals surface area contributed by atoms with Gasteiger partial charge >= 0.3 is 0 Å². The molecule has 1 saturated carbocycles. The summed E-state index contributed by atoms with van der Waals surface area (Å²) in [6.07, 6.45) is 4.27. The Hall–Kier alpha value is -2.17. The van der Waals surface area contributed by atoms with E-state index in [1.165, 1.54) is 12.8 Å². The molecule has 19 heavy (non-hydrogen) atoms. The van der Waals surface area contributed by atoms with E-state index in [4.69, 9.17) is 0 Å². The number of rotatable bonds is 5. The molecule has 0 aromatic carbocycles. The molecular weight excluding hydrogens is 238 g/mol. The van der Waals surface area contributed by atoms with Crippen LogP contribution >= 0.6 is 0 Å². The Morgan fingerprint density at radius 3 is 2.84 bits per heavy atom. The molecule has 0 spiro atoms. The van der Waals surface area contributed by atoms with E-state index in [2.05, 4.69) is 25.6 Å². The molecular formula is C14H17N5. The van der Waals surface area contributed by atoms with Gasteiger partial charge in [0.1, 0.15) is 5.82 Å². The van der Waals surface area contributed by atoms with Gasteiger partial charge < -0.3 is 10.6 Å². The zero-order chi connectivity index (χ0) is 13.1. The predicted octanol–water partition coefficient (Wildman–Crippen LogP) is 2.40. The van der Waals surface area contributed by atoms with Gasteiger partial charge in [-0.15, -0.1) is 0 Å². The smallest absolute Gasteiger partial charge is 0.224 e. The summed E-state index contributed by atoms with van der Waals surface area (Å²) in [6, 6.07) is 7.94. The first-order valence-corrected chi connectivity index (χ1v) is 6.55. The maximum atomic E-state index is 4.49. The van der Waals surface area contributed by atoms with Crippen molar-refractivity contribution in [3.63, 3.8) is 0 Å². The molecule has 2 aromatic heterocycles. The minimum atomic E-state index is 0.616. The number of nitrogens with zero attached hydrogens (tertiary/aromatic N) is 3. The lowest BCUT2D eigenvalue weighted by Gasteiger charge is -2.09. The van der Waals surface area contributed by atoms with Gasteiger partial charge in [-0.3, -0.25) is 4.98 Å². The largest absolute Gasteiger partial charge is 0.364 e. The second-order valence-corrected chi connectivity index (χ2v) is 4.70. The Morgan fingerprint density at radius 1 is 1.26 bits per heavy atom. The van der Waals surface area contributed by atoms with Crippen LogP contribution in [0.4, 0.5) is 11.8 Å². The van der Waals surface area contributed by atoms with Gasteiger partial charge in [0.05, 0.1) is 17.9 Å². The van der Waals surface area contributed by atoms with Crippen LogP contribution < -0.4 is 10.6 Å². The standard InChI is InChI=1S/C14H17N5/c1-15-14-18-12(10-5-6-10)8-13(19-14)17-9-11-4-2-3-7-16-11/h2-4,7-8,10H,5-6,9H2,1H3,(H2,15,17,18,19). The van der Waals surface area contributed by atoms with Crippen molar-refractivity contribution in [2.75, 3.05) is 17.7 Å². The molecule has 0 bridgehead atoms. The highest BCUT2D eigenvalue weighted by Gasteiger charge is 2.26. The van der Waals surface area contributed by atoms with Crippen molar-refractivity contribution in [2.24, 2.45) is 0 Å². The summed E-state index contributed by atoms with van der Waals surface area (Å²) in [7, 11) is 1.84. The van der Waals surface area contributed by atoms with Gasteiger partial charge in [0, 0.05) is 25.2 Å². The summed E-state index contributed by atoms with van der Waals surface area (Å²) >= 11 is 0. The topological polar surface area (TPSA) is 62.7 Å². The number of hydrogen-bond acceptors (Lipinski definition) is 5. The highest BCUT2D eigenvalue weighted by atomic mass is 15.1. The highest BCUT2D eigenvalue weighted by Crippen LogP contribution is 2.39. The molecule has 0 radical (unpaired) electrons. The van der Waals surface area contributed by atoms with Crippen LogP contribution in [0.25, 0.3) is 0 Å². The molecule has 98 valence electrons. The van der Waals surface area contributed by atoms with Crippen molar-refractivity contribution in [3.8, 4) is 0 Å². The Kier molecular flexibility index (Phi) is 3.27. The molecule has 2 N–H and O–H groups in total. The third-order valence-electron chi connectivity index (χ3n) is 3.14. The lowest BCUT2D eigenvalue weighted by Crippen LogP contribution is -2.07. The zero-order valence-corrected chi connectivity index (χ0v) is 10.9. The number of pyridine rings is 1. The highest BCUT2D eigenvalue weighted by molar-refractivity contribution is 5.44. The lowest BCUT2D eigenvalue weighted by atomic mass is 10.2. The fraction of sp³-hybridized carbons (Fsp3) is 0.357. The van der Waals surface area contributed by atoms with Gasteiger partial charge in [0.2, 0.25) is 5.95 Å². The molecule has 1 aliphatic rings. The maximum absolute atomic E-state index is 4.49. The molecule has 0 unspecified atom stereocenters. The molecule has 2 aromatic rings. The Balaban J connectivity index is 1.74. The van der Waals surface area contributed by atoms with Crippen molar-refractivity contribution in [3.05, 3.63) is 41.9 Å². The monoisotopic (exact) mass is 255 g/mol. The van der Waals surface area contributed by atoms with Crippen molar-refractivity contribution in [2.45, 2.75) is 25.3 Å². The molecule has 0 atom stereocenters. The first-order valence-electron chi connectivity index (χ1n) is 6.55. The molecule has 0 amide bonds. The van der Waals surface area contributed by atoms with E-state index in [1.54, 1.807) is 6.20 Å².